The predicted octanol–water partition coefficient (Wildman–Crippen LogP) is 1.96. The van der Waals surface area contributed by atoms with Crippen molar-refractivity contribution in [3.63, 3.8) is 0 Å². The Morgan fingerprint density at radius 1 is 1.20 bits per heavy atom. The zero-order chi connectivity index (χ0) is 14.8. The molecule has 0 fully saturated rings. The first-order chi connectivity index (χ1) is 9.42. The summed E-state index contributed by atoms with van der Waals surface area (Å²) in [5.74, 6) is -1.37. The lowest BCUT2D eigenvalue weighted by Gasteiger charge is -2.03. The van der Waals surface area contributed by atoms with E-state index in [0.29, 0.717) is 11.3 Å². The van der Waals surface area contributed by atoms with Gasteiger partial charge in [-0.3, -0.25) is 0 Å². The van der Waals surface area contributed by atoms with E-state index >= 15 is 0 Å². The monoisotopic (exact) mass is 296 g/mol. The molecule has 1 aromatic carbocycles. The summed E-state index contributed by atoms with van der Waals surface area (Å²) in [7, 11) is -2.20. The van der Waals surface area contributed by atoms with Crippen LogP contribution in [0.1, 0.15) is 16.1 Å². The average Bonchev–Trinajstić information content (AvgIpc) is 2.90. The molecule has 6 nitrogen and oxygen atoms in total. The van der Waals surface area contributed by atoms with E-state index in [1.54, 1.807) is 24.3 Å². The van der Waals surface area contributed by atoms with Crippen molar-refractivity contribution in [2.75, 3.05) is 7.11 Å². The third-order valence-electron chi connectivity index (χ3n) is 2.61. The quantitative estimate of drug-likeness (QED) is 0.906. The summed E-state index contributed by atoms with van der Waals surface area (Å²) in [6.07, 6.45) is 0. The van der Waals surface area contributed by atoms with Gasteiger partial charge in [-0.25, -0.2) is 13.2 Å². The lowest BCUT2D eigenvalue weighted by molar-refractivity contribution is 0.0656. The maximum atomic E-state index is 12.1. The lowest BCUT2D eigenvalue weighted by Crippen LogP contribution is -2.04. The minimum atomic E-state index is -3.72. The van der Waals surface area contributed by atoms with Gasteiger partial charge in [-0.15, -0.1) is 0 Å². The molecular weight excluding hydrogens is 284 g/mol. The van der Waals surface area contributed by atoms with Crippen molar-refractivity contribution < 1.29 is 27.5 Å². The molecule has 0 bridgehead atoms. The standard InChI is InChI=1S/C13H12O6S/c1-18-10-4-2-9(3-5-10)8-20(16,17)12-7-6-11(19-12)13(14)15/h2-7H,8H2,1H3,(H,14,15). The number of carboxylic acids is 1. The van der Waals surface area contributed by atoms with Crippen molar-refractivity contribution in [1.82, 2.24) is 0 Å². The second-order valence-corrected chi connectivity index (χ2v) is 5.95. The Morgan fingerprint density at radius 2 is 1.85 bits per heavy atom. The topological polar surface area (TPSA) is 93.8 Å². The number of aromatic carboxylic acids is 1. The molecule has 0 unspecified atom stereocenters. The summed E-state index contributed by atoms with van der Waals surface area (Å²) in [5.41, 5.74) is 0.555. The van der Waals surface area contributed by atoms with Crippen LogP contribution in [-0.4, -0.2) is 26.6 Å². The summed E-state index contributed by atoms with van der Waals surface area (Å²) in [5, 5.41) is 8.35. The maximum Gasteiger partial charge on any atom is 0.371 e. The molecule has 0 radical (unpaired) electrons. The van der Waals surface area contributed by atoms with E-state index in [0.717, 1.165) is 12.1 Å². The molecule has 0 aliphatic heterocycles. The van der Waals surface area contributed by atoms with Gasteiger partial charge in [0, 0.05) is 0 Å². The van der Waals surface area contributed by atoms with Crippen LogP contribution in [0, 0.1) is 0 Å². The zero-order valence-corrected chi connectivity index (χ0v) is 11.4. The van der Waals surface area contributed by atoms with Crippen molar-refractivity contribution in [3.8, 4) is 5.75 Å². The predicted molar refractivity (Wildman–Crippen MR) is 69.6 cm³/mol. The Labute approximate surface area is 115 Å². The number of ether oxygens (including phenoxy) is 1. The fourth-order valence-electron chi connectivity index (χ4n) is 1.61. The first kappa shape index (κ1) is 14.1. The van der Waals surface area contributed by atoms with Gasteiger partial charge < -0.3 is 14.3 Å². The van der Waals surface area contributed by atoms with E-state index in [4.69, 9.17) is 14.3 Å². The van der Waals surface area contributed by atoms with Crippen LogP contribution >= 0.6 is 0 Å². The number of carboxylic acid groups (broad SMARTS) is 1. The van der Waals surface area contributed by atoms with Gasteiger partial charge in [0.2, 0.25) is 20.7 Å². The highest BCUT2D eigenvalue weighted by Gasteiger charge is 2.21. The van der Waals surface area contributed by atoms with Gasteiger partial charge in [-0.1, -0.05) is 12.1 Å². The van der Waals surface area contributed by atoms with E-state index in [-0.39, 0.29) is 10.8 Å². The van der Waals surface area contributed by atoms with Crippen molar-refractivity contribution in [1.29, 1.82) is 0 Å². The van der Waals surface area contributed by atoms with Crippen molar-refractivity contribution >= 4 is 15.8 Å². The Balaban J connectivity index is 2.23. The Morgan fingerprint density at radius 3 is 2.35 bits per heavy atom. The number of sulfone groups is 1. The molecule has 2 aromatic rings. The first-order valence-electron chi connectivity index (χ1n) is 5.61. The summed E-state index contributed by atoms with van der Waals surface area (Å²) in [4.78, 5) is 10.7. The molecule has 106 valence electrons. The number of methoxy groups -OCH3 is 1. The average molecular weight is 296 g/mol. The summed E-state index contributed by atoms with van der Waals surface area (Å²) < 4.78 is 33.9. The van der Waals surface area contributed by atoms with Gasteiger partial charge in [0.1, 0.15) is 5.75 Å². The normalized spacial score (nSPS) is 11.2. The van der Waals surface area contributed by atoms with Gasteiger partial charge in [0.05, 0.1) is 12.9 Å². The molecule has 0 aliphatic carbocycles. The molecule has 0 saturated heterocycles. The van der Waals surface area contributed by atoms with Crippen molar-refractivity contribution in [2.45, 2.75) is 10.8 Å². The van der Waals surface area contributed by atoms with Crippen LogP contribution in [0.25, 0.3) is 0 Å². The van der Waals surface area contributed by atoms with Gasteiger partial charge in [0.15, 0.2) is 0 Å². The van der Waals surface area contributed by atoms with Gasteiger partial charge >= 0.3 is 5.97 Å². The highest BCUT2D eigenvalue weighted by atomic mass is 32.2. The molecule has 0 spiro atoms. The summed E-state index contributed by atoms with van der Waals surface area (Å²) >= 11 is 0. The maximum absolute atomic E-state index is 12.1. The Bertz CT molecular complexity index is 712. The molecule has 7 heteroatoms. The minimum Gasteiger partial charge on any atom is -0.497 e. The molecule has 1 N–H and O–H groups in total. The van der Waals surface area contributed by atoms with Gasteiger partial charge in [-0.05, 0) is 29.8 Å². The molecule has 0 saturated carbocycles. The fraction of sp³-hybridized carbons (Fsp3) is 0.154. The summed E-state index contributed by atoms with van der Waals surface area (Å²) in [6, 6.07) is 8.80. The zero-order valence-electron chi connectivity index (χ0n) is 10.6. The second kappa shape index (κ2) is 5.38. The number of rotatable bonds is 5. The van der Waals surface area contributed by atoms with E-state index in [2.05, 4.69) is 0 Å². The molecular formula is C13H12O6S. The SMILES string of the molecule is COc1ccc(CS(=O)(=O)c2ccc(C(=O)O)o2)cc1. The van der Waals surface area contributed by atoms with E-state index in [1.165, 1.54) is 7.11 Å². The van der Waals surface area contributed by atoms with Crippen LogP contribution < -0.4 is 4.74 Å². The highest BCUT2D eigenvalue weighted by molar-refractivity contribution is 7.90. The largest absolute Gasteiger partial charge is 0.497 e. The molecule has 0 atom stereocenters. The second-order valence-electron chi connectivity index (χ2n) is 4.03. The number of hydrogen-bond donors (Lipinski definition) is 1. The lowest BCUT2D eigenvalue weighted by atomic mass is 10.2. The first-order valence-corrected chi connectivity index (χ1v) is 7.26. The minimum absolute atomic E-state index is 0.274. The van der Waals surface area contributed by atoms with Crippen LogP contribution in [0.2, 0.25) is 0 Å². The van der Waals surface area contributed by atoms with Crippen LogP contribution in [0.15, 0.2) is 45.9 Å². The van der Waals surface area contributed by atoms with Crippen LogP contribution in [-0.2, 0) is 15.6 Å². The Kier molecular flexibility index (Phi) is 3.80. The fourth-order valence-corrected chi connectivity index (χ4v) is 2.88. The van der Waals surface area contributed by atoms with Crippen LogP contribution in [0.3, 0.4) is 0 Å². The van der Waals surface area contributed by atoms with Gasteiger partial charge in [-0.2, -0.15) is 0 Å². The van der Waals surface area contributed by atoms with Crippen LogP contribution in [0.4, 0.5) is 0 Å². The molecule has 0 amide bonds. The molecule has 0 aliphatic rings. The van der Waals surface area contributed by atoms with Crippen LogP contribution in [0.5, 0.6) is 5.75 Å². The van der Waals surface area contributed by atoms with Crippen molar-refractivity contribution in [2.24, 2.45) is 0 Å². The molecule has 1 heterocycles. The van der Waals surface area contributed by atoms with Gasteiger partial charge in [0.25, 0.3) is 0 Å². The number of benzene rings is 1. The van der Waals surface area contributed by atoms with E-state index in [1.807, 2.05) is 0 Å². The third kappa shape index (κ3) is 3.00. The highest BCUT2D eigenvalue weighted by Crippen LogP contribution is 2.20. The molecule has 1 aromatic heterocycles. The van der Waals surface area contributed by atoms with Crippen molar-refractivity contribution in [3.05, 3.63) is 47.7 Å². The molecule has 20 heavy (non-hydrogen) atoms. The van der Waals surface area contributed by atoms with E-state index in [9.17, 15) is 13.2 Å². The third-order valence-corrected chi connectivity index (χ3v) is 4.16. The number of furan rings is 1. The summed E-state index contributed by atoms with van der Waals surface area (Å²) in [6.45, 7) is 0. The number of hydrogen-bond acceptors (Lipinski definition) is 5. The Hall–Kier alpha value is -2.28. The number of carbonyl (C=O) groups is 1. The molecule has 2 rings (SSSR count). The van der Waals surface area contributed by atoms with E-state index < -0.39 is 21.6 Å². The smallest absolute Gasteiger partial charge is 0.371 e.